The lowest BCUT2D eigenvalue weighted by atomic mass is 9.74. The second kappa shape index (κ2) is 7.86. The van der Waals surface area contributed by atoms with Gasteiger partial charge in [-0.2, -0.15) is 0 Å². The third-order valence-corrected chi connectivity index (χ3v) is 5.72. The number of Topliss-reactive ketones (excluding diaryl/α,β-unsaturated/α-hetero) is 1. The van der Waals surface area contributed by atoms with E-state index in [2.05, 4.69) is 10.6 Å². The molecule has 4 nitrogen and oxygen atoms in total. The molecule has 1 atom stereocenters. The van der Waals surface area contributed by atoms with E-state index in [1.807, 2.05) is 31.2 Å². The molecule has 0 spiro atoms. The maximum atomic E-state index is 14.1. The number of hydrogen-bond donors (Lipinski definition) is 2. The van der Waals surface area contributed by atoms with Crippen molar-refractivity contribution in [3.8, 4) is 0 Å². The average Bonchev–Trinajstić information content (AvgIpc) is 2.70. The largest absolute Gasteiger partial charge is 0.362 e. The summed E-state index contributed by atoms with van der Waals surface area (Å²) in [6.07, 6.45) is 1.89. The quantitative estimate of drug-likeness (QED) is 0.761. The Balaban J connectivity index is 1.83. The van der Waals surface area contributed by atoms with Crippen molar-refractivity contribution in [3.05, 3.63) is 87.8 Å². The molecule has 1 aliphatic carbocycles. The minimum absolute atomic E-state index is 0.00752. The summed E-state index contributed by atoms with van der Waals surface area (Å²) < 4.78 is 28.3. The predicted octanol–water partition coefficient (Wildman–Crippen LogP) is 4.88. The van der Waals surface area contributed by atoms with Crippen molar-refractivity contribution in [1.29, 1.82) is 0 Å². The fourth-order valence-electron chi connectivity index (χ4n) is 4.30. The number of aryl methyl sites for hydroxylation is 1. The van der Waals surface area contributed by atoms with Crippen molar-refractivity contribution in [1.82, 2.24) is 5.32 Å². The van der Waals surface area contributed by atoms with Crippen LogP contribution in [-0.4, -0.2) is 11.7 Å². The molecular formula is C24H22F2N2O2. The number of nitrogens with one attached hydrogen (secondary N) is 2. The van der Waals surface area contributed by atoms with Gasteiger partial charge in [0.15, 0.2) is 5.78 Å². The second-order valence-corrected chi connectivity index (χ2v) is 7.67. The van der Waals surface area contributed by atoms with Gasteiger partial charge in [0.05, 0.1) is 0 Å². The standard InChI is InChI=1S/C24H22F2N2O2/c1-13-7-3-4-8-15(13)21-20(14(2)27-18-11-6-12-19(29)22(18)21)24(30)28-23-16(25)9-5-10-17(23)26/h3-5,7-10,21,27H,6,11-12H2,1-2H3,(H,28,30). The van der Waals surface area contributed by atoms with Crippen molar-refractivity contribution < 1.29 is 18.4 Å². The molecule has 30 heavy (non-hydrogen) atoms. The minimum atomic E-state index is -0.855. The van der Waals surface area contributed by atoms with Crippen LogP contribution in [0, 0.1) is 18.6 Å². The summed E-state index contributed by atoms with van der Waals surface area (Å²) in [4.78, 5) is 26.2. The fourth-order valence-corrected chi connectivity index (χ4v) is 4.30. The van der Waals surface area contributed by atoms with Crippen molar-refractivity contribution in [2.24, 2.45) is 0 Å². The van der Waals surface area contributed by atoms with Gasteiger partial charge in [0.25, 0.3) is 5.91 Å². The highest BCUT2D eigenvalue weighted by atomic mass is 19.1. The van der Waals surface area contributed by atoms with Gasteiger partial charge in [0.2, 0.25) is 0 Å². The van der Waals surface area contributed by atoms with Crippen LogP contribution < -0.4 is 10.6 Å². The molecule has 0 saturated carbocycles. The van der Waals surface area contributed by atoms with E-state index in [1.165, 1.54) is 6.07 Å². The van der Waals surface area contributed by atoms with Gasteiger partial charge in [-0.1, -0.05) is 30.3 Å². The fraction of sp³-hybridized carbons (Fsp3) is 0.250. The van der Waals surface area contributed by atoms with E-state index in [9.17, 15) is 18.4 Å². The number of anilines is 1. The Kier molecular flexibility index (Phi) is 5.24. The lowest BCUT2D eigenvalue weighted by Gasteiger charge is -2.35. The number of halogens is 2. The number of ketones is 1. The maximum Gasteiger partial charge on any atom is 0.254 e. The summed E-state index contributed by atoms with van der Waals surface area (Å²) in [6.45, 7) is 3.67. The zero-order chi connectivity index (χ0) is 21.4. The van der Waals surface area contributed by atoms with E-state index in [1.54, 1.807) is 6.92 Å². The predicted molar refractivity (Wildman–Crippen MR) is 111 cm³/mol. The van der Waals surface area contributed by atoms with Gasteiger partial charge >= 0.3 is 0 Å². The molecule has 6 heteroatoms. The van der Waals surface area contributed by atoms with Crippen molar-refractivity contribution in [2.75, 3.05) is 5.32 Å². The van der Waals surface area contributed by atoms with E-state index in [0.29, 0.717) is 23.3 Å². The van der Waals surface area contributed by atoms with E-state index in [-0.39, 0.29) is 5.78 Å². The molecule has 0 bridgehead atoms. The smallest absolute Gasteiger partial charge is 0.254 e. The van der Waals surface area contributed by atoms with Gasteiger partial charge in [0.1, 0.15) is 17.3 Å². The molecule has 4 rings (SSSR count). The Hall–Kier alpha value is -3.28. The van der Waals surface area contributed by atoms with Crippen LogP contribution in [0.4, 0.5) is 14.5 Å². The number of rotatable bonds is 3. The number of allylic oxidation sites excluding steroid dienone is 3. The van der Waals surface area contributed by atoms with E-state index in [0.717, 1.165) is 41.8 Å². The van der Waals surface area contributed by atoms with E-state index >= 15 is 0 Å². The number of amides is 1. The Morgan fingerprint density at radius 2 is 1.73 bits per heavy atom. The van der Waals surface area contributed by atoms with Gasteiger partial charge in [-0.3, -0.25) is 9.59 Å². The SMILES string of the molecule is CC1=C(C(=O)Nc2c(F)cccc2F)C(c2ccccc2C)C2=C(CCCC2=O)N1. The Bertz CT molecular complexity index is 1100. The van der Waals surface area contributed by atoms with Crippen LogP contribution in [0.1, 0.15) is 43.2 Å². The molecule has 2 aliphatic rings. The van der Waals surface area contributed by atoms with Crippen LogP contribution in [0.25, 0.3) is 0 Å². The van der Waals surface area contributed by atoms with Gasteiger partial charge in [-0.05, 0) is 49.9 Å². The van der Waals surface area contributed by atoms with E-state index in [4.69, 9.17) is 0 Å². The normalized spacial score (nSPS) is 18.8. The number of hydrogen-bond acceptors (Lipinski definition) is 3. The molecule has 154 valence electrons. The zero-order valence-electron chi connectivity index (χ0n) is 16.8. The first-order valence-electron chi connectivity index (χ1n) is 9.93. The minimum Gasteiger partial charge on any atom is -0.362 e. The summed E-state index contributed by atoms with van der Waals surface area (Å²) in [5.74, 6) is -2.95. The van der Waals surface area contributed by atoms with Crippen LogP contribution in [0.2, 0.25) is 0 Å². The Labute approximate surface area is 173 Å². The van der Waals surface area contributed by atoms with Crippen LogP contribution in [-0.2, 0) is 9.59 Å². The van der Waals surface area contributed by atoms with Gasteiger partial charge in [0, 0.05) is 34.9 Å². The molecule has 1 unspecified atom stereocenters. The lowest BCUT2D eigenvalue weighted by molar-refractivity contribution is -0.116. The van der Waals surface area contributed by atoms with Gasteiger partial charge in [-0.15, -0.1) is 0 Å². The molecule has 2 aromatic carbocycles. The summed E-state index contributed by atoms with van der Waals surface area (Å²) in [7, 11) is 0. The molecule has 1 amide bonds. The summed E-state index contributed by atoms with van der Waals surface area (Å²) in [6, 6.07) is 11.0. The first-order chi connectivity index (χ1) is 14.4. The van der Waals surface area contributed by atoms with Crippen molar-refractivity contribution in [3.63, 3.8) is 0 Å². The number of dihydropyridines is 1. The molecule has 0 radical (unpaired) electrons. The lowest BCUT2D eigenvalue weighted by Crippen LogP contribution is -2.36. The summed E-state index contributed by atoms with van der Waals surface area (Å²) in [5.41, 5.74) is 3.53. The van der Waals surface area contributed by atoms with Crippen molar-refractivity contribution >= 4 is 17.4 Å². The molecular weight excluding hydrogens is 386 g/mol. The summed E-state index contributed by atoms with van der Waals surface area (Å²) in [5, 5.41) is 5.59. The highest BCUT2D eigenvalue weighted by molar-refractivity contribution is 6.09. The Morgan fingerprint density at radius 1 is 1.03 bits per heavy atom. The van der Waals surface area contributed by atoms with Crippen LogP contribution in [0.5, 0.6) is 0 Å². The molecule has 0 fully saturated rings. The Morgan fingerprint density at radius 3 is 2.43 bits per heavy atom. The molecule has 1 heterocycles. The van der Waals surface area contributed by atoms with Crippen LogP contribution >= 0.6 is 0 Å². The third-order valence-electron chi connectivity index (χ3n) is 5.72. The molecule has 0 aromatic heterocycles. The molecule has 2 aromatic rings. The average molecular weight is 408 g/mol. The van der Waals surface area contributed by atoms with Gasteiger partial charge in [-0.25, -0.2) is 8.78 Å². The van der Waals surface area contributed by atoms with Crippen LogP contribution in [0.15, 0.2) is 65.0 Å². The number of carbonyl (C=O) groups is 2. The first kappa shape index (κ1) is 20.0. The monoisotopic (exact) mass is 408 g/mol. The van der Waals surface area contributed by atoms with Crippen molar-refractivity contribution in [2.45, 2.75) is 39.0 Å². The number of carbonyl (C=O) groups excluding carboxylic acids is 2. The third kappa shape index (κ3) is 3.43. The van der Waals surface area contributed by atoms with Crippen LogP contribution in [0.3, 0.4) is 0 Å². The maximum absolute atomic E-state index is 14.1. The number of para-hydroxylation sites is 1. The zero-order valence-corrected chi connectivity index (χ0v) is 16.8. The molecule has 1 aliphatic heterocycles. The second-order valence-electron chi connectivity index (χ2n) is 7.67. The topological polar surface area (TPSA) is 58.2 Å². The van der Waals surface area contributed by atoms with E-state index < -0.39 is 29.1 Å². The van der Waals surface area contributed by atoms with Gasteiger partial charge < -0.3 is 10.6 Å². The molecule has 0 saturated heterocycles. The summed E-state index contributed by atoms with van der Waals surface area (Å²) >= 11 is 0. The molecule has 2 N–H and O–H groups in total. The highest BCUT2D eigenvalue weighted by Gasteiger charge is 2.39. The first-order valence-corrected chi connectivity index (χ1v) is 9.93. The number of benzene rings is 2. The highest BCUT2D eigenvalue weighted by Crippen LogP contribution is 2.43.